The highest BCUT2D eigenvalue weighted by molar-refractivity contribution is 5.75. The molecule has 2 heterocycles. The molecule has 7 nitrogen and oxygen atoms in total. The minimum absolute atomic E-state index is 0.0422. The van der Waals surface area contributed by atoms with Crippen molar-refractivity contribution in [1.82, 2.24) is 15.1 Å². The Hall–Kier alpha value is -1.34. The van der Waals surface area contributed by atoms with Crippen LogP contribution in [0.1, 0.15) is 46.0 Å². The number of likely N-dealkylation sites (tertiary alicyclic amines) is 1. The van der Waals surface area contributed by atoms with Gasteiger partial charge in [-0.15, -0.1) is 0 Å². The van der Waals surface area contributed by atoms with E-state index in [1.807, 2.05) is 16.7 Å². The third-order valence-electron chi connectivity index (χ3n) is 6.66. The van der Waals surface area contributed by atoms with Crippen molar-refractivity contribution in [3.63, 3.8) is 0 Å². The minimum Gasteiger partial charge on any atom is -0.480 e. The molecule has 1 atom stereocenters. The van der Waals surface area contributed by atoms with E-state index in [1.165, 1.54) is 0 Å². The van der Waals surface area contributed by atoms with Crippen LogP contribution >= 0.6 is 0 Å². The van der Waals surface area contributed by atoms with Gasteiger partial charge < -0.3 is 20.1 Å². The maximum absolute atomic E-state index is 12.7. The zero-order valence-corrected chi connectivity index (χ0v) is 15.4. The topological polar surface area (TPSA) is 82.1 Å². The number of aliphatic carboxylic acids is 1. The highest BCUT2D eigenvalue weighted by atomic mass is 16.5. The van der Waals surface area contributed by atoms with Crippen LogP contribution in [0.15, 0.2) is 0 Å². The average Bonchev–Trinajstić information content (AvgIpc) is 2.86. The number of ether oxygens (including phenoxy) is 1. The number of hydrogen-bond acceptors (Lipinski definition) is 4. The van der Waals surface area contributed by atoms with E-state index in [-0.39, 0.29) is 36.1 Å². The zero-order chi connectivity index (χ0) is 18.0. The average molecular weight is 353 g/mol. The third kappa shape index (κ3) is 3.77. The molecule has 0 aromatic heterocycles. The van der Waals surface area contributed by atoms with Gasteiger partial charge in [-0.05, 0) is 51.0 Å². The summed E-state index contributed by atoms with van der Waals surface area (Å²) in [6, 6.07) is 0.732. The SMILES string of the molecule is CCN(CC(=O)O)C1CC(NC(=O)N2CCC3(CCOCC3)C2C)C1. The molecular weight excluding hydrogens is 322 g/mol. The standard InChI is InChI=1S/C18H31N3O4/c1-3-20(12-16(22)23)15-10-14(11-15)19-17(24)21-7-4-18(13(21)2)5-8-25-9-6-18/h13-15H,3-12H2,1-2H3,(H,19,24)(H,22,23). The molecule has 2 N–H and O–H groups in total. The van der Waals surface area contributed by atoms with Crippen LogP contribution < -0.4 is 5.32 Å². The number of carboxylic acid groups (broad SMARTS) is 1. The summed E-state index contributed by atoms with van der Waals surface area (Å²) in [5.41, 5.74) is 0.234. The van der Waals surface area contributed by atoms with Crippen molar-refractivity contribution in [2.45, 2.75) is 64.1 Å². The van der Waals surface area contributed by atoms with Gasteiger partial charge in [0.2, 0.25) is 0 Å². The maximum atomic E-state index is 12.7. The normalized spacial score (nSPS) is 31.2. The van der Waals surface area contributed by atoms with Gasteiger partial charge in [-0.1, -0.05) is 6.92 Å². The second-order valence-corrected chi connectivity index (χ2v) is 7.82. The number of carbonyl (C=O) groups excluding carboxylic acids is 1. The van der Waals surface area contributed by atoms with Crippen LogP contribution in [-0.4, -0.2) is 77.9 Å². The van der Waals surface area contributed by atoms with Crippen molar-refractivity contribution in [1.29, 1.82) is 0 Å². The van der Waals surface area contributed by atoms with Gasteiger partial charge in [0.1, 0.15) is 0 Å². The molecular formula is C18H31N3O4. The summed E-state index contributed by atoms with van der Waals surface area (Å²) in [5, 5.41) is 12.1. The molecule has 1 saturated carbocycles. The minimum atomic E-state index is -0.790. The predicted octanol–water partition coefficient (Wildman–Crippen LogP) is 1.52. The summed E-state index contributed by atoms with van der Waals surface area (Å²) in [5.74, 6) is -0.790. The Morgan fingerprint density at radius 1 is 1.28 bits per heavy atom. The van der Waals surface area contributed by atoms with Gasteiger partial charge >= 0.3 is 12.0 Å². The Morgan fingerprint density at radius 2 is 1.96 bits per heavy atom. The van der Waals surface area contributed by atoms with Crippen LogP contribution in [0.25, 0.3) is 0 Å². The van der Waals surface area contributed by atoms with Crippen LogP contribution in [-0.2, 0) is 9.53 Å². The summed E-state index contributed by atoms with van der Waals surface area (Å²) in [4.78, 5) is 27.6. The highest BCUT2D eigenvalue weighted by Gasteiger charge is 2.47. The van der Waals surface area contributed by atoms with Crippen molar-refractivity contribution in [3.05, 3.63) is 0 Å². The first-order chi connectivity index (χ1) is 11.9. The zero-order valence-electron chi connectivity index (χ0n) is 15.4. The second-order valence-electron chi connectivity index (χ2n) is 7.82. The highest BCUT2D eigenvalue weighted by Crippen LogP contribution is 2.44. The van der Waals surface area contributed by atoms with Gasteiger partial charge in [-0.25, -0.2) is 4.79 Å². The summed E-state index contributed by atoms with van der Waals surface area (Å²) in [7, 11) is 0. The quantitative estimate of drug-likeness (QED) is 0.783. The molecule has 3 aliphatic rings. The van der Waals surface area contributed by atoms with E-state index in [2.05, 4.69) is 12.2 Å². The maximum Gasteiger partial charge on any atom is 0.317 e. The molecule has 0 aromatic carbocycles. The first-order valence-electron chi connectivity index (χ1n) is 9.56. The Kier molecular flexibility index (Phi) is 5.53. The van der Waals surface area contributed by atoms with E-state index in [0.29, 0.717) is 0 Å². The molecule has 3 fully saturated rings. The number of carbonyl (C=O) groups is 2. The summed E-state index contributed by atoms with van der Waals surface area (Å²) in [6.45, 7) is 7.40. The molecule has 1 aliphatic carbocycles. The van der Waals surface area contributed by atoms with Crippen LogP contribution in [0.3, 0.4) is 0 Å². The number of nitrogens with zero attached hydrogens (tertiary/aromatic N) is 2. The van der Waals surface area contributed by atoms with Crippen molar-refractivity contribution >= 4 is 12.0 Å². The number of rotatable bonds is 5. The second kappa shape index (κ2) is 7.50. The smallest absolute Gasteiger partial charge is 0.317 e. The van der Waals surface area contributed by atoms with Crippen molar-refractivity contribution in [3.8, 4) is 0 Å². The predicted molar refractivity (Wildman–Crippen MR) is 93.5 cm³/mol. The van der Waals surface area contributed by atoms with E-state index in [9.17, 15) is 9.59 Å². The van der Waals surface area contributed by atoms with Gasteiger partial charge in [0.05, 0.1) is 6.54 Å². The number of nitrogens with one attached hydrogen (secondary N) is 1. The van der Waals surface area contributed by atoms with Crippen LogP contribution in [0.4, 0.5) is 4.79 Å². The van der Waals surface area contributed by atoms with Crippen molar-refractivity contribution in [2.75, 3.05) is 32.8 Å². The lowest BCUT2D eigenvalue weighted by atomic mass is 9.74. The molecule has 1 unspecified atom stereocenters. The lowest BCUT2D eigenvalue weighted by Crippen LogP contribution is -2.57. The van der Waals surface area contributed by atoms with E-state index >= 15 is 0 Å². The Morgan fingerprint density at radius 3 is 2.56 bits per heavy atom. The molecule has 142 valence electrons. The lowest BCUT2D eigenvalue weighted by Gasteiger charge is -2.43. The fourth-order valence-corrected chi connectivity index (χ4v) is 4.73. The van der Waals surface area contributed by atoms with Crippen LogP contribution in [0, 0.1) is 5.41 Å². The van der Waals surface area contributed by atoms with E-state index in [1.54, 1.807) is 0 Å². The summed E-state index contributed by atoms with van der Waals surface area (Å²) < 4.78 is 5.50. The molecule has 7 heteroatoms. The van der Waals surface area contributed by atoms with Gasteiger partial charge in [0.15, 0.2) is 0 Å². The molecule has 2 aliphatic heterocycles. The van der Waals surface area contributed by atoms with Crippen LogP contribution in [0.5, 0.6) is 0 Å². The third-order valence-corrected chi connectivity index (χ3v) is 6.66. The van der Waals surface area contributed by atoms with E-state index in [4.69, 9.17) is 9.84 Å². The van der Waals surface area contributed by atoms with E-state index < -0.39 is 5.97 Å². The van der Waals surface area contributed by atoms with Crippen LogP contribution in [0.2, 0.25) is 0 Å². The number of carboxylic acids is 1. The van der Waals surface area contributed by atoms with Gasteiger partial charge in [-0.2, -0.15) is 0 Å². The first kappa shape index (κ1) is 18.5. The fourth-order valence-electron chi connectivity index (χ4n) is 4.73. The molecule has 2 saturated heterocycles. The van der Waals surface area contributed by atoms with Crippen molar-refractivity contribution in [2.24, 2.45) is 5.41 Å². The number of amides is 2. The summed E-state index contributed by atoms with van der Waals surface area (Å²) in [6.07, 6.45) is 4.84. The van der Waals surface area contributed by atoms with Gasteiger partial charge in [-0.3, -0.25) is 9.69 Å². The summed E-state index contributed by atoms with van der Waals surface area (Å²) >= 11 is 0. The number of hydrogen-bond donors (Lipinski definition) is 2. The van der Waals surface area contributed by atoms with Crippen molar-refractivity contribution < 1.29 is 19.4 Å². The molecule has 2 amide bonds. The van der Waals surface area contributed by atoms with E-state index in [0.717, 1.165) is 58.4 Å². The lowest BCUT2D eigenvalue weighted by molar-refractivity contribution is -0.139. The Bertz CT molecular complexity index is 501. The molecule has 3 rings (SSSR count). The number of urea groups is 1. The molecule has 0 radical (unpaired) electrons. The Labute approximate surface area is 149 Å². The fraction of sp³-hybridized carbons (Fsp3) is 0.889. The molecule has 25 heavy (non-hydrogen) atoms. The van der Waals surface area contributed by atoms with Gasteiger partial charge in [0.25, 0.3) is 0 Å². The largest absolute Gasteiger partial charge is 0.480 e. The molecule has 0 bridgehead atoms. The first-order valence-corrected chi connectivity index (χ1v) is 9.56. The molecule has 0 aromatic rings. The monoisotopic (exact) mass is 353 g/mol. The molecule has 1 spiro atoms. The number of likely N-dealkylation sites (N-methyl/N-ethyl adjacent to an activating group) is 1. The van der Waals surface area contributed by atoms with Gasteiger partial charge in [0, 0.05) is 37.9 Å². The Balaban J connectivity index is 1.47.